The molecule has 0 spiro atoms. The Morgan fingerprint density at radius 3 is 2.44 bits per heavy atom. The third-order valence-electron chi connectivity index (χ3n) is 5.67. The van der Waals surface area contributed by atoms with Crippen molar-refractivity contribution in [1.82, 2.24) is 4.90 Å². The molecule has 0 aliphatic carbocycles. The van der Waals surface area contributed by atoms with Gasteiger partial charge in [0.2, 0.25) is 9.84 Å². The second kappa shape index (κ2) is 6.87. The maximum atomic E-state index is 13.5. The summed E-state index contributed by atoms with van der Waals surface area (Å²) in [5.41, 5.74) is 1.94. The monoisotopic (exact) mass is 392 g/mol. The Balaban J connectivity index is 1.70. The second-order valence-electron chi connectivity index (χ2n) is 7.23. The predicted molar refractivity (Wildman–Crippen MR) is 99.8 cm³/mol. The summed E-state index contributed by atoms with van der Waals surface area (Å²) in [6.45, 7) is 5.15. The average Bonchev–Trinajstić information content (AvgIpc) is 2.84. The Hall–Kier alpha value is -1.99. The van der Waals surface area contributed by atoms with Gasteiger partial charge >= 0.3 is 0 Å². The molecule has 2 heterocycles. The molecule has 0 unspecified atom stereocenters. The summed E-state index contributed by atoms with van der Waals surface area (Å²) in [4.78, 5) is 2.11. The van der Waals surface area contributed by atoms with E-state index in [1.54, 1.807) is 12.1 Å². The first-order valence-corrected chi connectivity index (χ1v) is 10.7. The zero-order valence-electron chi connectivity index (χ0n) is 15.1. The largest absolute Gasteiger partial charge is 0.381 e. The molecule has 2 aliphatic heterocycles. The van der Waals surface area contributed by atoms with E-state index in [0.29, 0.717) is 12.1 Å². The lowest BCUT2D eigenvalue weighted by molar-refractivity contribution is 0.298. The van der Waals surface area contributed by atoms with Crippen LogP contribution in [0.1, 0.15) is 31.2 Å². The van der Waals surface area contributed by atoms with Crippen LogP contribution in [0.25, 0.3) is 0 Å². The van der Waals surface area contributed by atoms with Gasteiger partial charge in [-0.3, -0.25) is 0 Å². The summed E-state index contributed by atoms with van der Waals surface area (Å²) >= 11 is 0. The zero-order chi connectivity index (χ0) is 19.2. The number of fused-ring (bicyclic) bond motifs is 3. The molecule has 1 fully saturated rings. The van der Waals surface area contributed by atoms with Gasteiger partial charge in [-0.05, 0) is 61.8 Å². The Kier molecular flexibility index (Phi) is 4.68. The minimum Gasteiger partial charge on any atom is -0.381 e. The fourth-order valence-corrected chi connectivity index (χ4v) is 5.52. The van der Waals surface area contributed by atoms with Crippen LogP contribution in [0.2, 0.25) is 0 Å². The van der Waals surface area contributed by atoms with Crippen LogP contribution >= 0.6 is 0 Å². The first kappa shape index (κ1) is 18.4. The summed E-state index contributed by atoms with van der Waals surface area (Å²) in [5.74, 6) is -1.56. The molecule has 2 aliphatic rings. The lowest BCUT2D eigenvalue weighted by Gasteiger charge is -2.17. The van der Waals surface area contributed by atoms with Crippen molar-refractivity contribution in [3.8, 4) is 0 Å². The number of sulfone groups is 1. The molecule has 27 heavy (non-hydrogen) atoms. The normalized spacial score (nSPS) is 22.6. The van der Waals surface area contributed by atoms with E-state index in [2.05, 4.69) is 17.1 Å². The summed E-state index contributed by atoms with van der Waals surface area (Å²) in [5, 5.41) is 3.52. The summed E-state index contributed by atoms with van der Waals surface area (Å²) in [6.07, 6.45) is 1.96. The highest BCUT2D eigenvalue weighted by atomic mass is 32.2. The van der Waals surface area contributed by atoms with Gasteiger partial charge in [0.05, 0.1) is 9.79 Å². The van der Waals surface area contributed by atoms with E-state index in [-0.39, 0.29) is 15.7 Å². The summed E-state index contributed by atoms with van der Waals surface area (Å²) < 4.78 is 52.8. The number of nitrogens with one attached hydrogen (secondary N) is 1. The number of anilines is 1. The van der Waals surface area contributed by atoms with Crippen molar-refractivity contribution in [2.75, 3.05) is 25.0 Å². The first-order chi connectivity index (χ1) is 12.9. The fraction of sp³-hybridized carbons (Fsp3) is 0.400. The number of nitrogens with zero attached hydrogens (tertiary/aromatic N) is 1. The molecule has 0 bridgehead atoms. The molecule has 2 aromatic rings. The van der Waals surface area contributed by atoms with Crippen molar-refractivity contribution in [2.24, 2.45) is 0 Å². The lowest BCUT2D eigenvalue weighted by atomic mass is 9.91. The average molecular weight is 392 g/mol. The highest BCUT2D eigenvalue weighted by Gasteiger charge is 2.35. The van der Waals surface area contributed by atoms with Gasteiger partial charge in [-0.15, -0.1) is 0 Å². The van der Waals surface area contributed by atoms with Crippen molar-refractivity contribution in [1.29, 1.82) is 0 Å². The molecule has 0 amide bonds. The van der Waals surface area contributed by atoms with E-state index in [4.69, 9.17) is 0 Å². The maximum absolute atomic E-state index is 13.5. The van der Waals surface area contributed by atoms with Crippen LogP contribution in [-0.4, -0.2) is 39.0 Å². The Morgan fingerprint density at radius 2 is 1.74 bits per heavy atom. The van der Waals surface area contributed by atoms with Crippen LogP contribution < -0.4 is 5.32 Å². The lowest BCUT2D eigenvalue weighted by Crippen LogP contribution is -2.25. The third kappa shape index (κ3) is 3.34. The Morgan fingerprint density at radius 1 is 1.04 bits per heavy atom. The number of rotatable bonds is 3. The van der Waals surface area contributed by atoms with Crippen LogP contribution in [0.4, 0.5) is 14.5 Å². The molecule has 0 saturated carbocycles. The molecular formula is C20H22F2N2O2S. The summed E-state index contributed by atoms with van der Waals surface area (Å²) in [7, 11) is -3.99. The molecular weight excluding hydrogens is 370 g/mol. The molecule has 1 saturated heterocycles. The predicted octanol–water partition coefficient (Wildman–Crippen LogP) is 3.79. The number of benzene rings is 2. The van der Waals surface area contributed by atoms with E-state index in [9.17, 15) is 17.2 Å². The van der Waals surface area contributed by atoms with Crippen LogP contribution in [-0.2, 0) is 9.84 Å². The Bertz CT molecular complexity index is 958. The van der Waals surface area contributed by atoms with Crippen LogP contribution in [0.5, 0.6) is 0 Å². The Labute approximate surface area is 158 Å². The van der Waals surface area contributed by atoms with Crippen molar-refractivity contribution < 1.29 is 17.2 Å². The molecule has 4 nitrogen and oxygen atoms in total. The fourth-order valence-electron chi connectivity index (χ4n) is 4.18. The number of likely N-dealkylation sites (tertiary alicyclic amines) is 1. The van der Waals surface area contributed by atoms with Crippen LogP contribution in [0.15, 0.2) is 46.2 Å². The number of hydrogen-bond acceptors (Lipinski definition) is 4. The highest BCUT2D eigenvalue weighted by Crippen LogP contribution is 2.42. The van der Waals surface area contributed by atoms with Gasteiger partial charge in [-0.1, -0.05) is 6.92 Å². The van der Waals surface area contributed by atoms with E-state index >= 15 is 0 Å². The van der Waals surface area contributed by atoms with Crippen molar-refractivity contribution >= 4 is 15.5 Å². The van der Waals surface area contributed by atoms with Gasteiger partial charge in [0.1, 0.15) is 11.6 Å². The topological polar surface area (TPSA) is 49.4 Å². The standard InChI is InChI=1S/C20H22F2N2O2S/c1-2-24-7-5-17-18-12-15(3-4-19(18)23-20(17)6-8-24)27(25,26)16-10-13(21)9-14(22)11-16/h3-4,9-12,17,20,23H,2,5-8H2,1H3/t17-,20-/m1/s1. The quantitative estimate of drug-likeness (QED) is 0.864. The van der Waals surface area contributed by atoms with E-state index in [1.807, 2.05) is 0 Å². The number of hydrogen-bond donors (Lipinski definition) is 1. The molecule has 1 N–H and O–H groups in total. The smallest absolute Gasteiger partial charge is 0.206 e. The van der Waals surface area contributed by atoms with E-state index in [0.717, 1.165) is 55.9 Å². The van der Waals surface area contributed by atoms with Gasteiger partial charge in [-0.2, -0.15) is 0 Å². The van der Waals surface area contributed by atoms with E-state index in [1.165, 1.54) is 6.07 Å². The molecule has 4 rings (SSSR count). The molecule has 144 valence electrons. The zero-order valence-corrected chi connectivity index (χ0v) is 15.9. The summed E-state index contributed by atoms with van der Waals surface area (Å²) in [6, 6.07) is 7.63. The first-order valence-electron chi connectivity index (χ1n) is 9.22. The van der Waals surface area contributed by atoms with Crippen LogP contribution in [0.3, 0.4) is 0 Å². The minimum absolute atomic E-state index is 0.0743. The molecule has 7 heteroatoms. The number of halogens is 2. The van der Waals surface area contributed by atoms with Crippen molar-refractivity contribution in [2.45, 2.75) is 41.5 Å². The van der Waals surface area contributed by atoms with Crippen molar-refractivity contribution in [3.63, 3.8) is 0 Å². The van der Waals surface area contributed by atoms with Gasteiger partial charge in [-0.25, -0.2) is 17.2 Å². The molecule has 0 radical (unpaired) electrons. The maximum Gasteiger partial charge on any atom is 0.206 e. The molecule has 2 atom stereocenters. The highest BCUT2D eigenvalue weighted by molar-refractivity contribution is 7.91. The van der Waals surface area contributed by atoms with Gasteiger partial charge < -0.3 is 10.2 Å². The van der Waals surface area contributed by atoms with Crippen LogP contribution in [0, 0.1) is 11.6 Å². The molecule has 2 aromatic carbocycles. The molecule has 0 aromatic heterocycles. The minimum atomic E-state index is -3.99. The van der Waals surface area contributed by atoms with Gasteiger partial charge in [0.25, 0.3) is 0 Å². The van der Waals surface area contributed by atoms with Gasteiger partial charge in [0, 0.05) is 30.3 Å². The third-order valence-corrected chi connectivity index (χ3v) is 7.40. The van der Waals surface area contributed by atoms with Gasteiger partial charge in [0.15, 0.2) is 0 Å². The second-order valence-corrected chi connectivity index (χ2v) is 9.18. The SMILES string of the molecule is CCN1CC[C@@H]2c3cc(S(=O)(=O)c4cc(F)cc(F)c4)ccc3N[C@@H]2CC1. The van der Waals surface area contributed by atoms with E-state index < -0.39 is 21.5 Å². The van der Waals surface area contributed by atoms with Crippen molar-refractivity contribution in [3.05, 3.63) is 53.6 Å².